The number of hydrogen-bond acceptors (Lipinski definition) is 10. The number of aryl methyl sites for hydroxylation is 4. The van der Waals surface area contributed by atoms with Crippen LogP contribution in [-0.4, -0.2) is 105 Å². The zero-order chi connectivity index (χ0) is 45.3. The van der Waals surface area contributed by atoms with E-state index >= 15 is 0 Å². The van der Waals surface area contributed by atoms with Crippen LogP contribution in [0.25, 0.3) is 0 Å². The molecule has 342 valence electrons. The topological polar surface area (TPSA) is 188 Å². The predicted molar refractivity (Wildman–Crippen MR) is 228 cm³/mol. The molecule has 4 heterocycles. The van der Waals surface area contributed by atoms with Gasteiger partial charge in [-0.05, 0) is 36.8 Å². The second kappa shape index (κ2) is 23.6. The van der Waals surface area contributed by atoms with Gasteiger partial charge in [-0.15, -0.1) is 0 Å². The molecular formula is C46H60N8O10+2. The zero-order valence-electron chi connectivity index (χ0n) is 36.6. The molecule has 0 bridgehead atoms. The molecule has 2 aliphatic heterocycles. The molecule has 0 saturated carbocycles. The monoisotopic (exact) mass is 884 g/mol. The summed E-state index contributed by atoms with van der Waals surface area (Å²) in [4.78, 5) is 82.1. The molecule has 0 spiro atoms. The van der Waals surface area contributed by atoms with E-state index in [0.717, 1.165) is 37.1 Å². The van der Waals surface area contributed by atoms with E-state index in [1.807, 2.05) is 130 Å². The number of unbranched alkanes of at least 4 members (excludes halogenated alkanes) is 2. The Bertz CT molecular complexity index is 2010. The van der Waals surface area contributed by atoms with Crippen LogP contribution in [0.2, 0.25) is 0 Å². The second-order valence-corrected chi connectivity index (χ2v) is 16.2. The lowest BCUT2D eigenvalue weighted by Crippen LogP contribution is -2.49. The molecule has 2 saturated heterocycles. The molecule has 2 fully saturated rings. The Kier molecular flexibility index (Phi) is 17.3. The number of amides is 4. The molecule has 6 rings (SSSR count). The third-order valence-corrected chi connectivity index (χ3v) is 11.1. The lowest BCUT2D eigenvalue weighted by molar-refractivity contribution is -0.671. The van der Waals surface area contributed by atoms with E-state index in [4.69, 9.17) is 18.9 Å². The Morgan fingerprint density at radius 3 is 1.38 bits per heavy atom. The molecule has 0 unspecified atom stereocenters. The zero-order valence-corrected chi connectivity index (χ0v) is 36.6. The molecule has 64 heavy (non-hydrogen) atoms. The number of hydrogen-bond donors (Lipinski definition) is 2. The van der Waals surface area contributed by atoms with E-state index in [2.05, 4.69) is 10.6 Å². The molecular weight excluding hydrogens is 825 g/mol. The van der Waals surface area contributed by atoms with Crippen molar-refractivity contribution < 1.29 is 56.8 Å². The molecule has 0 radical (unpaired) electrons. The molecule has 0 aliphatic carbocycles. The van der Waals surface area contributed by atoms with Gasteiger partial charge in [0.2, 0.25) is 24.5 Å². The molecule has 18 nitrogen and oxygen atoms in total. The summed E-state index contributed by atoms with van der Waals surface area (Å²) in [5.74, 6) is -1.84. The molecule has 4 atom stereocenters. The number of nitrogens with zero attached hydrogens (tertiary/aromatic N) is 6. The quantitative estimate of drug-likeness (QED) is 0.0546. The summed E-state index contributed by atoms with van der Waals surface area (Å²) in [6, 6.07) is 16.3. The minimum absolute atomic E-state index is 0.00748. The smallest absolute Gasteiger partial charge is 0.410 e. The summed E-state index contributed by atoms with van der Waals surface area (Å²) in [6.45, 7) is 1.43. The van der Waals surface area contributed by atoms with Gasteiger partial charge in [0, 0.05) is 38.8 Å². The van der Waals surface area contributed by atoms with Crippen molar-refractivity contribution in [2.24, 2.45) is 14.1 Å². The fourth-order valence-corrected chi connectivity index (χ4v) is 7.76. The Morgan fingerprint density at radius 2 is 1.00 bits per heavy atom. The third-order valence-electron chi connectivity index (χ3n) is 11.1. The van der Waals surface area contributed by atoms with Crippen LogP contribution in [0.1, 0.15) is 62.5 Å². The van der Waals surface area contributed by atoms with Crippen LogP contribution in [0.4, 0.5) is 9.59 Å². The number of likely N-dealkylation sites (tertiary alicyclic amines) is 2. The highest BCUT2D eigenvalue weighted by Gasteiger charge is 2.43. The lowest BCUT2D eigenvalue weighted by Gasteiger charge is -2.24. The molecule has 2 N–H and O–H groups in total. The van der Waals surface area contributed by atoms with Gasteiger partial charge in [-0.2, -0.15) is 0 Å². The fourth-order valence-electron chi connectivity index (χ4n) is 7.76. The van der Waals surface area contributed by atoms with Gasteiger partial charge in [0.25, 0.3) is 0 Å². The number of imidazole rings is 2. The van der Waals surface area contributed by atoms with Crippen LogP contribution < -0.4 is 19.8 Å². The van der Waals surface area contributed by atoms with Gasteiger partial charge < -0.3 is 29.6 Å². The first kappa shape index (κ1) is 46.8. The average molecular weight is 885 g/mol. The molecule has 2 aromatic heterocycles. The molecule has 4 amide bonds. The predicted octanol–water partition coefficient (Wildman–Crippen LogP) is 2.86. The van der Waals surface area contributed by atoms with Crippen molar-refractivity contribution in [1.29, 1.82) is 0 Å². The van der Waals surface area contributed by atoms with Gasteiger partial charge in [-0.25, -0.2) is 27.9 Å². The average Bonchev–Trinajstić information content (AvgIpc) is 4.12. The van der Waals surface area contributed by atoms with Crippen LogP contribution in [0.15, 0.2) is 98.1 Å². The Balaban J connectivity index is 0.992. The number of carbonyl (C=O) groups is 6. The summed E-state index contributed by atoms with van der Waals surface area (Å²) >= 11 is 0. The maximum absolute atomic E-state index is 13.6. The lowest BCUT2D eigenvalue weighted by atomic mass is 10.1. The molecule has 2 aromatic carbocycles. The minimum atomic E-state index is -0.997. The first-order valence-electron chi connectivity index (χ1n) is 21.9. The number of nitrogens with one attached hydrogen (secondary N) is 2. The number of esters is 2. The number of benzene rings is 2. The standard InChI is InChI=1S/C46H58N8O10/c1-49-23-25-51(33-49)21-11-9-17-41(55)63-37-27-39(53(29-37)45(59)61-31-35-13-5-3-6-14-35)43(57)47-19-20-48-44(58)40-28-38(30-54(40)46(60)62-32-36-15-7-4-8-16-36)64-42(56)18-10-12-22-52-26-24-50(2)34-52/h3-8,13-16,23-26,33-34,37-40H,9-12,17-22,27-32H2,1-2H3/p+2/t37-,38-,39+,40+/m1/s1. The molecule has 18 heteroatoms. The van der Waals surface area contributed by atoms with E-state index in [0.29, 0.717) is 12.8 Å². The number of carbonyl (C=O) groups excluding carboxylic acids is 6. The van der Waals surface area contributed by atoms with Crippen LogP contribution in [0, 0.1) is 0 Å². The summed E-state index contributed by atoms with van der Waals surface area (Å²) < 4.78 is 30.6. The largest absolute Gasteiger partial charge is 0.460 e. The van der Waals surface area contributed by atoms with E-state index in [1.54, 1.807) is 0 Å². The van der Waals surface area contributed by atoms with Crippen LogP contribution in [0.5, 0.6) is 0 Å². The second-order valence-electron chi connectivity index (χ2n) is 16.2. The van der Waals surface area contributed by atoms with Crippen molar-refractivity contribution in [2.45, 2.75) is 102 Å². The van der Waals surface area contributed by atoms with Crippen molar-refractivity contribution in [3.63, 3.8) is 0 Å². The van der Waals surface area contributed by atoms with Crippen molar-refractivity contribution in [2.75, 3.05) is 26.2 Å². The van der Waals surface area contributed by atoms with Crippen LogP contribution >= 0.6 is 0 Å². The SMILES string of the molecule is C[n+]1ccn(CCCCC(=O)O[C@@H]2C[C@@H](C(=O)NCCNC(=O)[C@@H]3C[C@@H](OC(=O)CCCCn4cc[n+](C)c4)CN3C(=O)OCc3ccccc3)N(C(=O)OCc3ccccc3)C2)c1. The first-order chi connectivity index (χ1) is 31.0. The minimum Gasteiger partial charge on any atom is -0.460 e. The van der Waals surface area contributed by atoms with E-state index in [-0.39, 0.29) is 65.1 Å². The van der Waals surface area contributed by atoms with Gasteiger partial charge in [0.1, 0.15) is 62.3 Å². The highest BCUT2D eigenvalue weighted by molar-refractivity contribution is 5.88. The van der Waals surface area contributed by atoms with Crippen molar-refractivity contribution in [1.82, 2.24) is 29.6 Å². The van der Waals surface area contributed by atoms with E-state index in [9.17, 15) is 28.8 Å². The normalized spacial score (nSPS) is 18.0. The highest BCUT2D eigenvalue weighted by Crippen LogP contribution is 2.25. The number of ether oxygens (including phenoxy) is 4. The van der Waals surface area contributed by atoms with Gasteiger partial charge in [0.15, 0.2) is 0 Å². The maximum Gasteiger partial charge on any atom is 0.410 e. The van der Waals surface area contributed by atoms with Crippen LogP contribution in [-0.2, 0) is 78.5 Å². The fraction of sp³-hybridized carbons (Fsp3) is 0.478. The summed E-state index contributed by atoms with van der Waals surface area (Å²) in [5, 5.41) is 5.56. The first-order valence-corrected chi connectivity index (χ1v) is 21.9. The molecule has 4 aromatic rings. The third kappa shape index (κ3) is 14.4. The molecule has 2 aliphatic rings. The van der Waals surface area contributed by atoms with E-state index < -0.39 is 60.2 Å². The Morgan fingerprint density at radius 1 is 0.594 bits per heavy atom. The van der Waals surface area contributed by atoms with Crippen molar-refractivity contribution >= 4 is 35.9 Å². The van der Waals surface area contributed by atoms with Crippen LogP contribution in [0.3, 0.4) is 0 Å². The number of aromatic nitrogens is 4. The van der Waals surface area contributed by atoms with Crippen molar-refractivity contribution in [3.8, 4) is 0 Å². The van der Waals surface area contributed by atoms with Gasteiger partial charge in [-0.3, -0.25) is 29.0 Å². The van der Waals surface area contributed by atoms with Gasteiger partial charge >= 0.3 is 24.1 Å². The van der Waals surface area contributed by atoms with E-state index in [1.165, 1.54) is 9.80 Å². The summed E-state index contributed by atoms with van der Waals surface area (Å²) in [6.07, 6.45) is 12.1. The Labute approximate surface area is 373 Å². The van der Waals surface area contributed by atoms with Gasteiger partial charge in [-0.1, -0.05) is 60.7 Å². The summed E-state index contributed by atoms with van der Waals surface area (Å²) in [7, 11) is 3.88. The maximum atomic E-state index is 13.6. The van der Waals surface area contributed by atoms with Crippen molar-refractivity contribution in [3.05, 3.63) is 109 Å². The highest BCUT2D eigenvalue weighted by atomic mass is 16.6. The summed E-state index contributed by atoms with van der Waals surface area (Å²) in [5.41, 5.74) is 1.54. The van der Waals surface area contributed by atoms with Gasteiger partial charge in [0.05, 0.1) is 40.3 Å². The Hall–Kier alpha value is -6.72. The number of rotatable bonds is 21.